The van der Waals surface area contributed by atoms with Crippen LogP contribution in [-0.4, -0.2) is 23.2 Å². The molecule has 0 aliphatic rings. The summed E-state index contributed by atoms with van der Waals surface area (Å²) in [6.45, 7) is 0.0395. The summed E-state index contributed by atoms with van der Waals surface area (Å²) in [6, 6.07) is 14.2. The van der Waals surface area contributed by atoms with Gasteiger partial charge < -0.3 is 24.6 Å². The minimum absolute atomic E-state index is 0.0395. The smallest absolute Gasteiger partial charge is 0.408 e. The van der Waals surface area contributed by atoms with Gasteiger partial charge in [0.25, 0.3) is 12.3 Å². The zero-order chi connectivity index (χ0) is 19.5. The Balaban J connectivity index is 1.85. The van der Waals surface area contributed by atoms with E-state index in [1.807, 2.05) is 18.2 Å². The van der Waals surface area contributed by atoms with Crippen LogP contribution in [0.4, 0.5) is 4.79 Å². The van der Waals surface area contributed by atoms with Crippen molar-refractivity contribution < 1.29 is 38.2 Å². The van der Waals surface area contributed by atoms with E-state index in [4.69, 9.17) is 8.92 Å². The quantitative estimate of drug-likeness (QED) is 0.268. The number of carbonyl (C=O) groups excluding carboxylic acids is 1. The molecule has 2 N–H and O–H groups in total. The highest BCUT2D eigenvalue weighted by atomic mass is 32.2. The SMILES string of the molecule is O=C(NC(Cc1ccc(OSOO[O-])cc1)C(=O)O)OCc1ccccc1. The molecule has 9 nitrogen and oxygen atoms in total. The first kappa shape index (κ1) is 20.5. The molecule has 0 radical (unpaired) electrons. The van der Waals surface area contributed by atoms with Gasteiger partial charge in [-0.05, 0) is 23.3 Å². The number of ether oxygens (including phenoxy) is 1. The standard InChI is InChI=1S/C17H17NO8S/c19-16(20)15(18-17(21)23-11-13-4-2-1-3-5-13)10-12-6-8-14(9-7-12)24-27-26-25-22/h1-9,15,22H,10-11H2,(H,18,21)(H,19,20)/p-1. The van der Waals surface area contributed by atoms with Crippen LogP contribution in [0.3, 0.4) is 0 Å². The Kier molecular flexibility index (Phi) is 8.39. The zero-order valence-corrected chi connectivity index (χ0v) is 14.7. The van der Waals surface area contributed by atoms with E-state index in [0.717, 1.165) is 5.56 Å². The fraction of sp³-hybridized carbons (Fsp3) is 0.176. The first-order valence-electron chi connectivity index (χ1n) is 7.67. The molecule has 1 amide bonds. The second kappa shape index (κ2) is 11.0. The van der Waals surface area contributed by atoms with Crippen LogP contribution in [0.1, 0.15) is 11.1 Å². The maximum Gasteiger partial charge on any atom is 0.408 e. The molecule has 1 atom stereocenters. The number of hydrogen-bond donors (Lipinski definition) is 2. The van der Waals surface area contributed by atoms with Crippen molar-refractivity contribution in [1.29, 1.82) is 0 Å². The lowest BCUT2D eigenvalue weighted by Crippen LogP contribution is -2.42. The second-order valence-corrected chi connectivity index (χ2v) is 5.67. The molecule has 0 saturated carbocycles. The number of benzene rings is 2. The van der Waals surface area contributed by atoms with Gasteiger partial charge in [0.15, 0.2) is 0 Å². The third-order valence-corrected chi connectivity index (χ3v) is 3.72. The van der Waals surface area contributed by atoms with Crippen LogP contribution < -0.4 is 14.8 Å². The summed E-state index contributed by atoms with van der Waals surface area (Å²) in [5.74, 6) is -0.827. The number of carbonyl (C=O) groups is 2. The predicted octanol–water partition coefficient (Wildman–Crippen LogP) is 1.77. The second-order valence-electron chi connectivity index (χ2n) is 5.23. The Hall–Kier alpha value is -2.79. The largest absolute Gasteiger partial charge is 0.691 e. The first-order chi connectivity index (χ1) is 13.1. The minimum atomic E-state index is -1.19. The number of alkyl carbamates (subject to hydrolysis) is 1. The summed E-state index contributed by atoms with van der Waals surface area (Å²) in [7, 11) is 0. The van der Waals surface area contributed by atoms with Gasteiger partial charge in [0.1, 0.15) is 18.4 Å². The van der Waals surface area contributed by atoms with Gasteiger partial charge in [0, 0.05) is 6.42 Å². The van der Waals surface area contributed by atoms with E-state index in [-0.39, 0.29) is 13.0 Å². The van der Waals surface area contributed by atoms with Crippen LogP contribution in [0, 0.1) is 0 Å². The minimum Gasteiger partial charge on any atom is -0.691 e. The summed E-state index contributed by atoms with van der Waals surface area (Å²) in [5.41, 5.74) is 1.43. The molecule has 1 unspecified atom stereocenters. The summed E-state index contributed by atoms with van der Waals surface area (Å²) in [4.78, 5) is 23.2. The molecule has 0 fully saturated rings. The number of carboxylic acids is 1. The average molecular weight is 394 g/mol. The fourth-order valence-electron chi connectivity index (χ4n) is 2.09. The molecule has 10 heteroatoms. The molecule has 0 heterocycles. The van der Waals surface area contributed by atoms with Crippen LogP contribution in [0.5, 0.6) is 5.75 Å². The van der Waals surface area contributed by atoms with Crippen molar-refractivity contribution in [3.63, 3.8) is 0 Å². The molecular weight excluding hydrogens is 378 g/mol. The van der Waals surface area contributed by atoms with Crippen LogP contribution in [-0.2, 0) is 31.9 Å². The Morgan fingerprint density at radius 2 is 1.78 bits per heavy atom. The van der Waals surface area contributed by atoms with E-state index in [2.05, 4.69) is 14.7 Å². The highest BCUT2D eigenvalue weighted by molar-refractivity contribution is 7.90. The van der Waals surface area contributed by atoms with Crippen LogP contribution in [0.25, 0.3) is 0 Å². The fourth-order valence-corrected chi connectivity index (χ4v) is 2.33. The number of nitrogens with one attached hydrogen (secondary N) is 1. The monoisotopic (exact) mass is 394 g/mol. The van der Waals surface area contributed by atoms with Crippen molar-refractivity contribution in [3.8, 4) is 5.75 Å². The first-order valence-corrected chi connectivity index (χ1v) is 8.34. The summed E-state index contributed by atoms with van der Waals surface area (Å²) in [6.07, 6.45) is -0.777. The molecule has 144 valence electrons. The van der Waals surface area contributed by atoms with Crippen LogP contribution in [0.2, 0.25) is 0 Å². The molecule has 0 aliphatic carbocycles. The zero-order valence-electron chi connectivity index (χ0n) is 13.9. The van der Waals surface area contributed by atoms with Gasteiger partial charge in [-0.1, -0.05) is 42.5 Å². The Labute approximate surface area is 159 Å². The molecule has 0 aliphatic heterocycles. The van der Waals surface area contributed by atoms with E-state index in [9.17, 15) is 20.0 Å². The van der Waals surface area contributed by atoms with Crippen molar-refractivity contribution in [2.75, 3.05) is 0 Å². The molecule has 0 bridgehead atoms. The molecule has 2 aromatic carbocycles. The van der Waals surface area contributed by atoms with Crippen LogP contribution in [0.15, 0.2) is 54.6 Å². The van der Waals surface area contributed by atoms with Crippen molar-refractivity contribution in [3.05, 3.63) is 65.7 Å². The Bertz CT molecular complexity index is 725. The van der Waals surface area contributed by atoms with Crippen molar-refractivity contribution in [2.45, 2.75) is 19.1 Å². The topological polar surface area (TPSA) is 126 Å². The molecule has 0 spiro atoms. The maximum absolute atomic E-state index is 11.9. The van der Waals surface area contributed by atoms with E-state index in [1.54, 1.807) is 36.4 Å². The van der Waals surface area contributed by atoms with Gasteiger partial charge in [0.05, 0.1) is 0 Å². The Morgan fingerprint density at radius 1 is 1.07 bits per heavy atom. The van der Waals surface area contributed by atoms with E-state index in [0.29, 0.717) is 23.6 Å². The number of hydrogen-bond acceptors (Lipinski definition) is 8. The van der Waals surface area contributed by atoms with Gasteiger partial charge in [-0.3, -0.25) is 5.04 Å². The summed E-state index contributed by atoms with van der Waals surface area (Å²) >= 11 is 0.341. The molecular formula is C17H16NO8S-. The third kappa shape index (κ3) is 7.54. The highest BCUT2D eigenvalue weighted by Crippen LogP contribution is 2.18. The highest BCUT2D eigenvalue weighted by Gasteiger charge is 2.21. The van der Waals surface area contributed by atoms with Gasteiger partial charge in [-0.2, -0.15) is 0 Å². The number of rotatable bonds is 10. The van der Waals surface area contributed by atoms with Crippen LogP contribution >= 0.6 is 12.3 Å². The lowest BCUT2D eigenvalue weighted by atomic mass is 10.1. The number of carboxylic acid groups (broad SMARTS) is 1. The average Bonchev–Trinajstić information content (AvgIpc) is 2.68. The number of aliphatic carboxylic acids is 1. The lowest BCUT2D eigenvalue weighted by Gasteiger charge is -2.15. The third-order valence-electron chi connectivity index (χ3n) is 3.35. The van der Waals surface area contributed by atoms with Gasteiger partial charge in [0.2, 0.25) is 0 Å². The molecule has 0 saturated heterocycles. The van der Waals surface area contributed by atoms with E-state index >= 15 is 0 Å². The summed E-state index contributed by atoms with van der Waals surface area (Å²) < 4.78 is 14.0. The number of amides is 1. The molecule has 0 aromatic heterocycles. The maximum atomic E-state index is 11.9. The molecule has 2 aromatic rings. The van der Waals surface area contributed by atoms with Crippen molar-refractivity contribution in [1.82, 2.24) is 5.32 Å². The normalized spacial score (nSPS) is 11.4. The van der Waals surface area contributed by atoms with E-state index in [1.165, 1.54) is 0 Å². The summed E-state index contributed by atoms with van der Waals surface area (Å²) in [5, 5.41) is 24.4. The molecule has 27 heavy (non-hydrogen) atoms. The lowest BCUT2D eigenvalue weighted by molar-refractivity contribution is -0.777. The molecule has 2 rings (SSSR count). The Morgan fingerprint density at radius 3 is 2.41 bits per heavy atom. The van der Waals surface area contributed by atoms with Gasteiger partial charge in [-0.25, -0.2) is 9.59 Å². The van der Waals surface area contributed by atoms with E-state index < -0.39 is 18.1 Å². The predicted molar refractivity (Wildman–Crippen MR) is 91.7 cm³/mol. The van der Waals surface area contributed by atoms with Gasteiger partial charge in [-0.15, -0.1) is 4.33 Å². The van der Waals surface area contributed by atoms with Crippen molar-refractivity contribution >= 4 is 24.4 Å². The van der Waals surface area contributed by atoms with Gasteiger partial charge >= 0.3 is 12.1 Å². The van der Waals surface area contributed by atoms with Crippen molar-refractivity contribution in [2.24, 2.45) is 0 Å².